The second-order valence-corrected chi connectivity index (χ2v) is 8.41. The van der Waals surface area contributed by atoms with Crippen molar-refractivity contribution >= 4 is 23.3 Å². The highest BCUT2D eigenvalue weighted by Gasteiger charge is 2.25. The van der Waals surface area contributed by atoms with Gasteiger partial charge in [0.2, 0.25) is 0 Å². The summed E-state index contributed by atoms with van der Waals surface area (Å²) in [6, 6.07) is 15.2. The minimum Gasteiger partial charge on any atom is -0.497 e. The van der Waals surface area contributed by atoms with Crippen LogP contribution in [0.3, 0.4) is 0 Å². The van der Waals surface area contributed by atoms with E-state index in [-0.39, 0.29) is 5.91 Å². The Morgan fingerprint density at radius 2 is 1.62 bits per heavy atom. The van der Waals surface area contributed by atoms with Gasteiger partial charge in [0.25, 0.3) is 5.91 Å². The number of carbonyl (C=O) groups excluding carboxylic acids is 1. The standard InChI is InChI=1S/C25H27ClN4O2/c1-17-23(16-19-4-10-22(32-3)11-5-19)24(28-18(2)27-17)29-12-14-30(15-13-29)25(31)20-6-8-21(26)9-7-20/h4-11H,12-16H2,1-3H3. The lowest BCUT2D eigenvalue weighted by molar-refractivity contribution is 0.0746. The number of ether oxygens (including phenoxy) is 1. The summed E-state index contributed by atoms with van der Waals surface area (Å²) < 4.78 is 5.27. The smallest absolute Gasteiger partial charge is 0.253 e. The maximum atomic E-state index is 12.9. The molecule has 1 fully saturated rings. The van der Waals surface area contributed by atoms with E-state index in [1.54, 1.807) is 31.4 Å². The van der Waals surface area contributed by atoms with E-state index < -0.39 is 0 Å². The minimum atomic E-state index is 0.0369. The summed E-state index contributed by atoms with van der Waals surface area (Å²) in [5.41, 5.74) is 3.96. The molecule has 2 heterocycles. The molecule has 0 N–H and O–H groups in total. The van der Waals surface area contributed by atoms with Crippen LogP contribution >= 0.6 is 11.6 Å². The summed E-state index contributed by atoms with van der Waals surface area (Å²) in [5, 5.41) is 0.630. The summed E-state index contributed by atoms with van der Waals surface area (Å²) in [6.07, 6.45) is 0.745. The molecular weight excluding hydrogens is 424 g/mol. The predicted molar refractivity (Wildman–Crippen MR) is 127 cm³/mol. The Labute approximate surface area is 193 Å². The minimum absolute atomic E-state index is 0.0369. The quantitative estimate of drug-likeness (QED) is 0.579. The largest absolute Gasteiger partial charge is 0.497 e. The average molecular weight is 451 g/mol. The third kappa shape index (κ3) is 4.86. The lowest BCUT2D eigenvalue weighted by Gasteiger charge is -2.36. The average Bonchev–Trinajstić information content (AvgIpc) is 2.81. The van der Waals surface area contributed by atoms with Gasteiger partial charge in [0.1, 0.15) is 17.4 Å². The van der Waals surface area contributed by atoms with Crippen LogP contribution in [-0.4, -0.2) is 54.1 Å². The van der Waals surface area contributed by atoms with Crippen molar-refractivity contribution in [1.82, 2.24) is 14.9 Å². The van der Waals surface area contributed by atoms with Crippen LogP contribution in [0.2, 0.25) is 5.02 Å². The van der Waals surface area contributed by atoms with Gasteiger partial charge in [0, 0.05) is 54.4 Å². The van der Waals surface area contributed by atoms with Crippen LogP contribution in [0.15, 0.2) is 48.5 Å². The first-order valence-electron chi connectivity index (χ1n) is 10.7. The number of hydrogen-bond acceptors (Lipinski definition) is 5. The zero-order chi connectivity index (χ0) is 22.7. The SMILES string of the molecule is COc1ccc(Cc2c(C)nc(C)nc2N2CCN(C(=O)c3ccc(Cl)cc3)CC2)cc1. The van der Waals surface area contributed by atoms with Gasteiger partial charge < -0.3 is 14.5 Å². The first-order chi connectivity index (χ1) is 15.4. The molecule has 7 heteroatoms. The van der Waals surface area contributed by atoms with Crippen molar-refractivity contribution in [2.75, 3.05) is 38.2 Å². The van der Waals surface area contributed by atoms with Crippen LogP contribution < -0.4 is 9.64 Å². The van der Waals surface area contributed by atoms with E-state index in [1.165, 1.54) is 5.56 Å². The summed E-state index contributed by atoms with van der Waals surface area (Å²) in [4.78, 5) is 26.4. The number of anilines is 1. The third-order valence-electron chi connectivity index (χ3n) is 5.80. The lowest BCUT2D eigenvalue weighted by atomic mass is 10.0. The predicted octanol–water partition coefficient (Wildman–Crippen LogP) is 4.31. The Kier molecular flexibility index (Phi) is 6.61. The number of amides is 1. The molecule has 0 unspecified atom stereocenters. The number of benzene rings is 2. The number of aryl methyl sites for hydroxylation is 2. The van der Waals surface area contributed by atoms with E-state index in [2.05, 4.69) is 22.0 Å². The van der Waals surface area contributed by atoms with E-state index >= 15 is 0 Å². The first kappa shape index (κ1) is 22.1. The highest BCUT2D eigenvalue weighted by molar-refractivity contribution is 6.30. The van der Waals surface area contributed by atoms with Gasteiger partial charge in [-0.1, -0.05) is 23.7 Å². The molecule has 166 valence electrons. The number of rotatable bonds is 5. The lowest BCUT2D eigenvalue weighted by Crippen LogP contribution is -2.49. The number of methoxy groups -OCH3 is 1. The van der Waals surface area contributed by atoms with E-state index in [1.807, 2.05) is 30.9 Å². The molecule has 0 radical (unpaired) electrons. The molecule has 6 nitrogen and oxygen atoms in total. The van der Waals surface area contributed by atoms with Crippen molar-refractivity contribution in [2.24, 2.45) is 0 Å². The maximum Gasteiger partial charge on any atom is 0.253 e. The molecule has 3 aromatic rings. The molecule has 1 saturated heterocycles. The van der Waals surface area contributed by atoms with Gasteiger partial charge in [-0.05, 0) is 55.8 Å². The molecule has 4 rings (SSSR count). The van der Waals surface area contributed by atoms with Crippen LogP contribution in [0.5, 0.6) is 5.75 Å². The normalized spacial score (nSPS) is 13.9. The third-order valence-corrected chi connectivity index (χ3v) is 6.05. The first-order valence-corrected chi connectivity index (χ1v) is 11.1. The van der Waals surface area contributed by atoms with E-state index in [4.69, 9.17) is 21.3 Å². The highest BCUT2D eigenvalue weighted by Crippen LogP contribution is 2.26. The fourth-order valence-electron chi connectivity index (χ4n) is 4.03. The zero-order valence-electron chi connectivity index (χ0n) is 18.6. The second-order valence-electron chi connectivity index (χ2n) is 7.97. The molecule has 0 aliphatic carbocycles. The van der Waals surface area contributed by atoms with E-state index in [0.717, 1.165) is 48.2 Å². The fourth-order valence-corrected chi connectivity index (χ4v) is 4.16. The molecule has 1 aromatic heterocycles. The van der Waals surface area contributed by atoms with E-state index in [0.29, 0.717) is 23.7 Å². The Hall–Kier alpha value is -3.12. The van der Waals surface area contributed by atoms with Gasteiger partial charge in [-0.2, -0.15) is 0 Å². The van der Waals surface area contributed by atoms with Crippen LogP contribution in [0.1, 0.15) is 33.0 Å². The number of hydrogen-bond donors (Lipinski definition) is 0. The van der Waals surface area contributed by atoms with Crippen LogP contribution in [0, 0.1) is 13.8 Å². The fraction of sp³-hybridized carbons (Fsp3) is 0.320. The van der Waals surface area contributed by atoms with Crippen molar-refractivity contribution in [3.8, 4) is 5.75 Å². The summed E-state index contributed by atoms with van der Waals surface area (Å²) in [5.74, 6) is 2.60. The van der Waals surface area contributed by atoms with Crippen molar-refractivity contribution in [2.45, 2.75) is 20.3 Å². The second kappa shape index (κ2) is 9.57. The number of piperazine rings is 1. The van der Waals surface area contributed by atoms with Crippen molar-refractivity contribution in [3.63, 3.8) is 0 Å². The van der Waals surface area contributed by atoms with Crippen molar-refractivity contribution < 1.29 is 9.53 Å². The Balaban J connectivity index is 1.51. The molecule has 0 bridgehead atoms. The molecule has 1 aliphatic heterocycles. The summed E-state index contributed by atoms with van der Waals surface area (Å²) >= 11 is 5.95. The van der Waals surface area contributed by atoms with Crippen LogP contribution in [0.25, 0.3) is 0 Å². The molecule has 2 aromatic carbocycles. The van der Waals surface area contributed by atoms with Crippen LogP contribution in [0.4, 0.5) is 5.82 Å². The van der Waals surface area contributed by atoms with Gasteiger partial charge in [0.05, 0.1) is 7.11 Å². The molecular formula is C25H27ClN4O2. The zero-order valence-corrected chi connectivity index (χ0v) is 19.4. The van der Waals surface area contributed by atoms with Crippen molar-refractivity contribution in [3.05, 3.63) is 81.8 Å². The molecule has 0 atom stereocenters. The van der Waals surface area contributed by atoms with Gasteiger partial charge in [-0.25, -0.2) is 9.97 Å². The summed E-state index contributed by atoms with van der Waals surface area (Å²) in [6.45, 7) is 6.71. The monoisotopic (exact) mass is 450 g/mol. The van der Waals surface area contributed by atoms with E-state index in [9.17, 15) is 4.79 Å². The number of halogens is 1. The highest BCUT2D eigenvalue weighted by atomic mass is 35.5. The molecule has 32 heavy (non-hydrogen) atoms. The van der Waals surface area contributed by atoms with Gasteiger partial charge in [-0.15, -0.1) is 0 Å². The Bertz CT molecular complexity index is 1090. The number of nitrogens with zero attached hydrogens (tertiary/aromatic N) is 4. The Morgan fingerprint density at radius 1 is 0.969 bits per heavy atom. The molecule has 1 aliphatic rings. The van der Waals surface area contributed by atoms with Crippen molar-refractivity contribution in [1.29, 1.82) is 0 Å². The van der Waals surface area contributed by atoms with Gasteiger partial charge in [0.15, 0.2) is 0 Å². The number of aromatic nitrogens is 2. The summed E-state index contributed by atoms with van der Waals surface area (Å²) in [7, 11) is 1.67. The van der Waals surface area contributed by atoms with Crippen LogP contribution in [-0.2, 0) is 6.42 Å². The Morgan fingerprint density at radius 3 is 2.25 bits per heavy atom. The topological polar surface area (TPSA) is 58.6 Å². The molecule has 1 amide bonds. The van der Waals surface area contributed by atoms with Gasteiger partial charge >= 0.3 is 0 Å². The number of carbonyl (C=O) groups is 1. The maximum absolute atomic E-state index is 12.9. The van der Waals surface area contributed by atoms with Gasteiger partial charge in [-0.3, -0.25) is 4.79 Å². The molecule has 0 spiro atoms. The molecule has 0 saturated carbocycles.